The van der Waals surface area contributed by atoms with Crippen molar-refractivity contribution in [3.63, 3.8) is 0 Å². The molecule has 1 aromatic heterocycles. The van der Waals surface area contributed by atoms with Crippen LogP contribution in [0.25, 0.3) is 0 Å². The van der Waals surface area contributed by atoms with Gasteiger partial charge in [0.25, 0.3) is 0 Å². The van der Waals surface area contributed by atoms with Gasteiger partial charge >= 0.3 is 12.1 Å². The van der Waals surface area contributed by atoms with E-state index in [1.54, 1.807) is 26.3 Å². The molecule has 0 fully saturated rings. The van der Waals surface area contributed by atoms with E-state index in [-0.39, 0.29) is 16.3 Å². The number of hydrogen-bond acceptors (Lipinski definition) is 4. The fraction of sp³-hybridized carbons (Fsp3) is 0.286. The first-order valence-electron chi connectivity index (χ1n) is 6.20. The lowest BCUT2D eigenvalue weighted by atomic mass is 10.1. The summed E-state index contributed by atoms with van der Waals surface area (Å²) in [6.07, 6.45) is -2.85. The maximum absolute atomic E-state index is 12.7. The Morgan fingerprint density at radius 1 is 1.32 bits per heavy atom. The molecule has 0 saturated carbocycles. The largest absolute Gasteiger partial charge is 0.416 e. The van der Waals surface area contributed by atoms with Crippen molar-refractivity contribution in [2.24, 2.45) is 7.05 Å². The number of ether oxygens (including phenoxy) is 1. The summed E-state index contributed by atoms with van der Waals surface area (Å²) in [6.45, 7) is 1.74. The Balaban J connectivity index is 2.31. The molecule has 0 amide bonds. The summed E-state index contributed by atoms with van der Waals surface area (Å²) < 4.78 is 44.7. The van der Waals surface area contributed by atoms with E-state index in [1.165, 1.54) is 4.68 Å². The van der Waals surface area contributed by atoms with Crippen LogP contribution in [0.1, 0.15) is 21.6 Å². The van der Waals surface area contributed by atoms with Crippen LogP contribution < -0.4 is 4.74 Å². The number of esters is 1. The van der Waals surface area contributed by atoms with Gasteiger partial charge in [-0.2, -0.15) is 18.3 Å². The number of halogens is 3. The lowest BCUT2D eigenvalue weighted by molar-refractivity contribution is -0.137. The molecule has 0 aliphatic heterocycles. The zero-order valence-corrected chi connectivity index (χ0v) is 12.9. The van der Waals surface area contributed by atoms with E-state index in [9.17, 15) is 18.0 Å². The highest BCUT2D eigenvalue weighted by atomic mass is 32.2. The Kier molecular flexibility index (Phi) is 4.50. The van der Waals surface area contributed by atoms with Gasteiger partial charge in [0.15, 0.2) is 0 Å². The summed E-state index contributed by atoms with van der Waals surface area (Å²) in [5, 5.41) is 4.03. The summed E-state index contributed by atoms with van der Waals surface area (Å²) in [6, 6.07) is 4.50. The molecule has 2 aromatic rings. The highest BCUT2D eigenvalue weighted by molar-refractivity contribution is 7.98. The topological polar surface area (TPSA) is 44.1 Å². The van der Waals surface area contributed by atoms with Gasteiger partial charge in [0.05, 0.1) is 16.8 Å². The van der Waals surface area contributed by atoms with E-state index in [1.807, 2.05) is 0 Å². The van der Waals surface area contributed by atoms with Crippen molar-refractivity contribution in [2.45, 2.75) is 18.0 Å². The van der Waals surface area contributed by atoms with Gasteiger partial charge in [-0.1, -0.05) is 0 Å². The number of aromatic nitrogens is 2. The van der Waals surface area contributed by atoms with Crippen LogP contribution in [-0.2, 0) is 13.2 Å². The molecule has 1 heterocycles. The predicted molar refractivity (Wildman–Crippen MR) is 76.1 cm³/mol. The summed E-state index contributed by atoms with van der Waals surface area (Å²) in [5.74, 6) is -0.490. The summed E-state index contributed by atoms with van der Waals surface area (Å²) >= 11 is 1.05. The molecule has 4 nitrogen and oxygen atoms in total. The zero-order valence-electron chi connectivity index (χ0n) is 12.1. The number of nitrogens with zero attached hydrogens (tertiary/aromatic N) is 2. The van der Waals surface area contributed by atoms with Gasteiger partial charge in [0.2, 0.25) is 5.88 Å². The molecule has 0 unspecified atom stereocenters. The van der Waals surface area contributed by atoms with Crippen LogP contribution in [0.2, 0.25) is 0 Å². The SMILES string of the molecule is CSc1cc(C(F)(F)F)ccc1C(=O)Oc1cc(C)nn1C. The molecule has 0 aliphatic carbocycles. The van der Waals surface area contributed by atoms with Crippen molar-refractivity contribution in [2.75, 3.05) is 6.26 Å². The van der Waals surface area contributed by atoms with Crippen molar-refractivity contribution >= 4 is 17.7 Å². The minimum Gasteiger partial charge on any atom is -0.404 e. The van der Waals surface area contributed by atoms with Gasteiger partial charge in [-0.25, -0.2) is 9.48 Å². The fourth-order valence-electron chi connectivity index (χ4n) is 1.87. The number of carbonyl (C=O) groups is 1. The molecule has 0 saturated heterocycles. The maximum Gasteiger partial charge on any atom is 0.416 e. The number of hydrogen-bond donors (Lipinski definition) is 0. The van der Waals surface area contributed by atoms with E-state index in [0.717, 1.165) is 30.0 Å². The molecule has 1 aromatic carbocycles. The van der Waals surface area contributed by atoms with Gasteiger partial charge < -0.3 is 4.74 Å². The molecule has 0 N–H and O–H groups in total. The van der Waals surface area contributed by atoms with Gasteiger partial charge in [-0.15, -0.1) is 11.8 Å². The minimum absolute atomic E-state index is 0.0827. The van der Waals surface area contributed by atoms with Crippen molar-refractivity contribution in [1.82, 2.24) is 9.78 Å². The second kappa shape index (κ2) is 6.04. The first-order chi connectivity index (χ1) is 10.2. The molecule has 0 atom stereocenters. The molecule has 0 radical (unpaired) electrons. The number of thioether (sulfide) groups is 1. The van der Waals surface area contributed by atoms with Crippen LogP contribution in [-0.4, -0.2) is 22.0 Å². The third-order valence-electron chi connectivity index (χ3n) is 2.91. The van der Waals surface area contributed by atoms with E-state index < -0.39 is 17.7 Å². The average Bonchev–Trinajstić information content (AvgIpc) is 2.75. The van der Waals surface area contributed by atoms with Crippen LogP contribution in [0.15, 0.2) is 29.2 Å². The number of aryl methyl sites for hydroxylation is 2. The third kappa shape index (κ3) is 3.44. The monoisotopic (exact) mass is 330 g/mol. The first kappa shape index (κ1) is 16.4. The Morgan fingerprint density at radius 3 is 2.50 bits per heavy atom. The van der Waals surface area contributed by atoms with Gasteiger partial charge in [-0.05, 0) is 31.4 Å². The van der Waals surface area contributed by atoms with Crippen LogP contribution in [0.4, 0.5) is 13.2 Å². The number of carbonyl (C=O) groups excluding carboxylic acids is 1. The predicted octanol–water partition coefficient (Wildman–Crippen LogP) is 3.69. The van der Waals surface area contributed by atoms with Gasteiger partial charge in [-0.3, -0.25) is 0 Å². The molecule has 22 heavy (non-hydrogen) atoms. The minimum atomic E-state index is -4.45. The second-order valence-electron chi connectivity index (χ2n) is 4.55. The smallest absolute Gasteiger partial charge is 0.404 e. The fourth-order valence-corrected chi connectivity index (χ4v) is 2.48. The zero-order chi connectivity index (χ0) is 16.5. The molecule has 118 valence electrons. The lowest BCUT2D eigenvalue weighted by Crippen LogP contribution is -2.13. The number of rotatable bonds is 3. The molecule has 0 aliphatic rings. The maximum atomic E-state index is 12.7. The average molecular weight is 330 g/mol. The van der Waals surface area contributed by atoms with E-state index in [4.69, 9.17) is 4.74 Å². The first-order valence-corrected chi connectivity index (χ1v) is 7.43. The standard InChI is InChI=1S/C14H13F3N2O2S/c1-8-6-12(19(2)18-8)21-13(20)10-5-4-9(14(15,16)17)7-11(10)22-3/h4-7H,1-3H3. The molecular formula is C14H13F3N2O2S. The Morgan fingerprint density at radius 2 is 2.00 bits per heavy atom. The van der Waals surface area contributed by atoms with Crippen molar-refractivity contribution in [3.8, 4) is 5.88 Å². The highest BCUT2D eigenvalue weighted by Crippen LogP contribution is 2.33. The summed E-state index contributed by atoms with van der Waals surface area (Å²) in [4.78, 5) is 12.4. The van der Waals surface area contributed by atoms with Gasteiger partial charge in [0.1, 0.15) is 0 Å². The van der Waals surface area contributed by atoms with Crippen molar-refractivity contribution in [1.29, 1.82) is 0 Å². The van der Waals surface area contributed by atoms with Crippen LogP contribution >= 0.6 is 11.8 Å². The number of benzene rings is 1. The molecule has 0 bridgehead atoms. The molecule has 0 spiro atoms. The van der Waals surface area contributed by atoms with E-state index >= 15 is 0 Å². The Labute approximate surface area is 129 Å². The Bertz CT molecular complexity index is 711. The molecule has 8 heteroatoms. The second-order valence-corrected chi connectivity index (χ2v) is 5.40. The van der Waals surface area contributed by atoms with E-state index in [0.29, 0.717) is 5.69 Å². The van der Waals surface area contributed by atoms with E-state index in [2.05, 4.69) is 5.10 Å². The van der Waals surface area contributed by atoms with Gasteiger partial charge in [0, 0.05) is 18.0 Å². The quantitative estimate of drug-likeness (QED) is 0.636. The third-order valence-corrected chi connectivity index (χ3v) is 3.68. The van der Waals surface area contributed by atoms with Crippen molar-refractivity contribution < 1.29 is 22.7 Å². The van der Waals surface area contributed by atoms with Crippen LogP contribution in [0.3, 0.4) is 0 Å². The summed E-state index contributed by atoms with van der Waals surface area (Å²) in [5.41, 5.74) is -0.0491. The molecular weight excluding hydrogens is 317 g/mol. The van der Waals surface area contributed by atoms with Crippen LogP contribution in [0.5, 0.6) is 5.88 Å². The summed E-state index contributed by atoms with van der Waals surface area (Å²) in [7, 11) is 1.61. The lowest BCUT2D eigenvalue weighted by Gasteiger charge is -2.11. The highest BCUT2D eigenvalue weighted by Gasteiger charge is 2.31. The van der Waals surface area contributed by atoms with Crippen molar-refractivity contribution in [3.05, 3.63) is 41.1 Å². The Hall–Kier alpha value is -1.96. The normalized spacial score (nSPS) is 11.5. The molecule has 2 rings (SSSR count). The number of alkyl halides is 3. The van der Waals surface area contributed by atoms with Crippen LogP contribution in [0, 0.1) is 6.92 Å².